The summed E-state index contributed by atoms with van der Waals surface area (Å²) < 4.78 is 49.4. The van der Waals surface area contributed by atoms with Crippen molar-refractivity contribution in [3.63, 3.8) is 0 Å². The average molecular weight is 363 g/mol. The topological polar surface area (TPSA) is 118 Å². The first kappa shape index (κ1) is 19.6. The minimum atomic E-state index is -3.90. The second kappa shape index (κ2) is 7.89. The van der Waals surface area contributed by atoms with E-state index in [9.17, 15) is 21.6 Å². The largest absolute Gasteiger partial charge is 0.480 e. The van der Waals surface area contributed by atoms with Crippen LogP contribution in [0, 0.1) is 0 Å². The standard InChI is InChI=1S/C14H21NO6S2/c1-3-4-8-13(14(16)17)15-23(20,21)10-11-6-5-7-12(9-11)22(2,18)19/h5-7,9,13,15H,3-4,8,10H2,1-2H3,(H,16,17). The molecule has 1 aromatic rings. The van der Waals surface area contributed by atoms with E-state index in [1.807, 2.05) is 6.92 Å². The van der Waals surface area contributed by atoms with E-state index in [0.717, 1.165) is 12.7 Å². The molecule has 0 aliphatic heterocycles. The van der Waals surface area contributed by atoms with Gasteiger partial charge < -0.3 is 5.11 Å². The molecule has 0 aromatic heterocycles. The Morgan fingerprint density at radius 1 is 1.26 bits per heavy atom. The summed E-state index contributed by atoms with van der Waals surface area (Å²) in [6.07, 6.45) is 2.57. The number of carboxylic acid groups (broad SMARTS) is 1. The van der Waals surface area contributed by atoms with E-state index >= 15 is 0 Å². The van der Waals surface area contributed by atoms with Crippen molar-refractivity contribution in [3.05, 3.63) is 29.8 Å². The van der Waals surface area contributed by atoms with Crippen molar-refractivity contribution < 1.29 is 26.7 Å². The monoisotopic (exact) mass is 363 g/mol. The van der Waals surface area contributed by atoms with E-state index in [0.29, 0.717) is 6.42 Å². The molecule has 130 valence electrons. The second-order valence-corrected chi connectivity index (χ2v) is 9.10. The number of aliphatic carboxylic acids is 1. The van der Waals surface area contributed by atoms with Crippen LogP contribution in [0.1, 0.15) is 31.7 Å². The van der Waals surface area contributed by atoms with Crippen molar-refractivity contribution in [1.82, 2.24) is 4.72 Å². The van der Waals surface area contributed by atoms with Gasteiger partial charge in [-0.1, -0.05) is 31.9 Å². The summed E-state index contributed by atoms with van der Waals surface area (Å²) in [6, 6.07) is 4.40. The Labute approximate surface area is 136 Å². The number of rotatable bonds is 9. The number of benzene rings is 1. The van der Waals surface area contributed by atoms with Crippen molar-refractivity contribution in [2.75, 3.05) is 6.26 Å². The van der Waals surface area contributed by atoms with Gasteiger partial charge in [0.1, 0.15) is 6.04 Å². The van der Waals surface area contributed by atoms with Crippen LogP contribution in [-0.4, -0.2) is 40.2 Å². The lowest BCUT2D eigenvalue weighted by Gasteiger charge is -2.14. The van der Waals surface area contributed by atoms with E-state index in [-0.39, 0.29) is 16.9 Å². The van der Waals surface area contributed by atoms with E-state index < -0.39 is 37.6 Å². The normalized spacial score (nSPS) is 13.7. The average Bonchev–Trinajstić information content (AvgIpc) is 2.42. The Balaban J connectivity index is 2.92. The first-order valence-electron chi connectivity index (χ1n) is 7.07. The van der Waals surface area contributed by atoms with Gasteiger partial charge in [-0.25, -0.2) is 21.6 Å². The van der Waals surface area contributed by atoms with Gasteiger partial charge in [-0.05, 0) is 24.1 Å². The third-order valence-electron chi connectivity index (χ3n) is 3.15. The van der Waals surface area contributed by atoms with Gasteiger partial charge >= 0.3 is 5.97 Å². The number of sulfone groups is 1. The molecule has 0 heterocycles. The molecule has 7 nitrogen and oxygen atoms in total. The molecular weight excluding hydrogens is 342 g/mol. The quantitative estimate of drug-likeness (QED) is 0.679. The van der Waals surface area contributed by atoms with Gasteiger partial charge in [0.15, 0.2) is 9.84 Å². The molecule has 0 fully saturated rings. The zero-order chi connectivity index (χ0) is 17.7. The van der Waals surface area contributed by atoms with E-state index in [4.69, 9.17) is 5.11 Å². The summed E-state index contributed by atoms with van der Waals surface area (Å²) in [7, 11) is -7.34. The summed E-state index contributed by atoms with van der Waals surface area (Å²) >= 11 is 0. The molecule has 0 saturated carbocycles. The molecule has 0 aliphatic rings. The Morgan fingerprint density at radius 3 is 2.43 bits per heavy atom. The fourth-order valence-electron chi connectivity index (χ4n) is 1.98. The van der Waals surface area contributed by atoms with Gasteiger partial charge in [0, 0.05) is 6.26 Å². The highest BCUT2D eigenvalue weighted by Gasteiger charge is 2.24. The van der Waals surface area contributed by atoms with Gasteiger partial charge in [0.25, 0.3) is 0 Å². The highest BCUT2D eigenvalue weighted by atomic mass is 32.2. The Morgan fingerprint density at radius 2 is 1.91 bits per heavy atom. The number of sulfonamides is 1. The zero-order valence-electron chi connectivity index (χ0n) is 13.0. The molecule has 23 heavy (non-hydrogen) atoms. The fourth-order valence-corrected chi connectivity index (χ4v) is 4.03. The Bertz CT molecular complexity index is 755. The minimum absolute atomic E-state index is 0.0194. The zero-order valence-corrected chi connectivity index (χ0v) is 14.7. The molecule has 0 saturated heterocycles. The van der Waals surface area contributed by atoms with E-state index in [2.05, 4.69) is 4.72 Å². The van der Waals surface area contributed by atoms with Crippen molar-refractivity contribution >= 4 is 25.8 Å². The summed E-state index contributed by atoms with van der Waals surface area (Å²) in [4.78, 5) is 11.1. The van der Waals surface area contributed by atoms with Gasteiger partial charge in [-0.3, -0.25) is 4.79 Å². The number of carboxylic acids is 1. The number of nitrogens with one attached hydrogen (secondary N) is 1. The van der Waals surface area contributed by atoms with Crippen LogP contribution in [-0.2, 0) is 30.4 Å². The van der Waals surface area contributed by atoms with Crippen molar-refractivity contribution in [3.8, 4) is 0 Å². The van der Waals surface area contributed by atoms with Gasteiger partial charge in [0.05, 0.1) is 10.6 Å². The lowest BCUT2D eigenvalue weighted by atomic mass is 10.1. The van der Waals surface area contributed by atoms with Crippen LogP contribution in [0.5, 0.6) is 0 Å². The minimum Gasteiger partial charge on any atom is -0.480 e. The van der Waals surface area contributed by atoms with Crippen LogP contribution in [0.2, 0.25) is 0 Å². The number of hydrogen-bond donors (Lipinski definition) is 2. The molecule has 0 radical (unpaired) electrons. The number of hydrogen-bond acceptors (Lipinski definition) is 5. The smallest absolute Gasteiger partial charge is 0.321 e. The van der Waals surface area contributed by atoms with Crippen LogP contribution < -0.4 is 4.72 Å². The first-order chi connectivity index (χ1) is 10.5. The molecule has 1 unspecified atom stereocenters. The summed E-state index contributed by atoms with van der Waals surface area (Å²) in [6.45, 7) is 1.88. The lowest BCUT2D eigenvalue weighted by Crippen LogP contribution is -2.41. The summed E-state index contributed by atoms with van der Waals surface area (Å²) in [5.74, 6) is -1.71. The van der Waals surface area contributed by atoms with Gasteiger partial charge in [0.2, 0.25) is 10.0 Å². The summed E-state index contributed by atoms with van der Waals surface area (Å²) in [5.41, 5.74) is 0.278. The van der Waals surface area contributed by atoms with E-state index in [1.165, 1.54) is 24.3 Å². The molecule has 2 N–H and O–H groups in total. The van der Waals surface area contributed by atoms with Crippen molar-refractivity contribution in [1.29, 1.82) is 0 Å². The Hall–Kier alpha value is -1.45. The number of unbranched alkanes of at least 4 members (excludes halogenated alkanes) is 1. The van der Waals surface area contributed by atoms with Crippen molar-refractivity contribution in [2.24, 2.45) is 0 Å². The van der Waals surface area contributed by atoms with Crippen LogP contribution >= 0.6 is 0 Å². The third-order valence-corrected chi connectivity index (χ3v) is 5.62. The fraction of sp³-hybridized carbons (Fsp3) is 0.500. The summed E-state index contributed by atoms with van der Waals surface area (Å²) in [5, 5.41) is 9.07. The molecule has 1 aromatic carbocycles. The maximum Gasteiger partial charge on any atom is 0.321 e. The maximum absolute atomic E-state index is 12.1. The maximum atomic E-state index is 12.1. The highest BCUT2D eigenvalue weighted by molar-refractivity contribution is 7.90. The number of carbonyl (C=O) groups is 1. The molecule has 0 amide bonds. The molecule has 0 spiro atoms. The van der Waals surface area contributed by atoms with Gasteiger partial charge in [-0.15, -0.1) is 0 Å². The second-order valence-electron chi connectivity index (χ2n) is 5.33. The first-order valence-corrected chi connectivity index (χ1v) is 10.6. The highest BCUT2D eigenvalue weighted by Crippen LogP contribution is 2.14. The molecule has 0 aliphatic carbocycles. The lowest BCUT2D eigenvalue weighted by molar-refractivity contribution is -0.139. The van der Waals surface area contributed by atoms with Crippen LogP contribution in [0.4, 0.5) is 0 Å². The van der Waals surface area contributed by atoms with Gasteiger partial charge in [-0.2, -0.15) is 0 Å². The van der Waals surface area contributed by atoms with Crippen LogP contribution in [0.15, 0.2) is 29.2 Å². The Kier molecular flexibility index (Phi) is 6.72. The predicted molar refractivity (Wildman–Crippen MR) is 86.3 cm³/mol. The third kappa shape index (κ3) is 6.67. The molecule has 1 atom stereocenters. The van der Waals surface area contributed by atoms with E-state index in [1.54, 1.807) is 0 Å². The van der Waals surface area contributed by atoms with Crippen molar-refractivity contribution in [2.45, 2.75) is 42.9 Å². The molecule has 9 heteroatoms. The van der Waals surface area contributed by atoms with Crippen LogP contribution in [0.3, 0.4) is 0 Å². The molecular formula is C14H21NO6S2. The molecule has 1 rings (SSSR count). The van der Waals surface area contributed by atoms with Crippen LogP contribution in [0.25, 0.3) is 0 Å². The SMILES string of the molecule is CCCCC(NS(=O)(=O)Cc1cccc(S(C)(=O)=O)c1)C(=O)O. The molecule has 0 bridgehead atoms. The predicted octanol–water partition coefficient (Wildman–Crippen LogP) is 1.15.